The smallest absolute Gasteiger partial charge is 0.253 e. The minimum Gasteiger partial charge on any atom is -0.345 e. The molecule has 0 bridgehead atoms. The molecule has 1 amide bonds. The SMILES string of the molecule is CC1CCCCC1(CN)NC(=O)c1ccnnc1. The Morgan fingerprint density at radius 2 is 2.39 bits per heavy atom. The molecule has 0 aliphatic heterocycles. The lowest BCUT2D eigenvalue weighted by Crippen LogP contribution is -2.59. The summed E-state index contributed by atoms with van der Waals surface area (Å²) in [5.41, 5.74) is 6.18. The average Bonchev–Trinajstić information content (AvgIpc) is 2.42. The van der Waals surface area contributed by atoms with E-state index >= 15 is 0 Å². The molecule has 1 saturated carbocycles. The van der Waals surface area contributed by atoms with E-state index in [4.69, 9.17) is 5.73 Å². The lowest BCUT2D eigenvalue weighted by Gasteiger charge is -2.42. The largest absolute Gasteiger partial charge is 0.345 e. The van der Waals surface area contributed by atoms with E-state index in [-0.39, 0.29) is 11.4 Å². The van der Waals surface area contributed by atoms with E-state index in [2.05, 4.69) is 22.4 Å². The summed E-state index contributed by atoms with van der Waals surface area (Å²) in [6, 6.07) is 1.67. The van der Waals surface area contributed by atoms with Crippen LogP contribution in [0.3, 0.4) is 0 Å². The van der Waals surface area contributed by atoms with Crippen molar-refractivity contribution in [3.8, 4) is 0 Å². The fraction of sp³-hybridized carbons (Fsp3) is 0.615. The van der Waals surface area contributed by atoms with Gasteiger partial charge in [-0.3, -0.25) is 4.79 Å². The normalized spacial score (nSPS) is 27.8. The van der Waals surface area contributed by atoms with Crippen LogP contribution in [-0.4, -0.2) is 28.2 Å². The van der Waals surface area contributed by atoms with Crippen LogP contribution < -0.4 is 11.1 Å². The summed E-state index contributed by atoms with van der Waals surface area (Å²) in [5, 5.41) is 10.5. The van der Waals surface area contributed by atoms with Gasteiger partial charge in [-0.05, 0) is 24.8 Å². The molecule has 1 fully saturated rings. The highest BCUT2D eigenvalue weighted by atomic mass is 16.1. The maximum atomic E-state index is 12.2. The van der Waals surface area contributed by atoms with Gasteiger partial charge in [0.15, 0.2) is 0 Å². The zero-order valence-corrected chi connectivity index (χ0v) is 10.7. The number of carbonyl (C=O) groups is 1. The van der Waals surface area contributed by atoms with E-state index < -0.39 is 0 Å². The first kappa shape index (κ1) is 13.0. The maximum Gasteiger partial charge on any atom is 0.253 e. The Kier molecular flexibility index (Phi) is 3.91. The third-order valence-electron chi connectivity index (χ3n) is 4.03. The molecular weight excluding hydrogens is 228 g/mol. The fourth-order valence-electron chi connectivity index (χ4n) is 2.68. The number of hydrogen-bond acceptors (Lipinski definition) is 4. The van der Waals surface area contributed by atoms with Crippen molar-refractivity contribution in [3.05, 3.63) is 24.0 Å². The highest BCUT2D eigenvalue weighted by molar-refractivity contribution is 5.94. The van der Waals surface area contributed by atoms with Gasteiger partial charge in [-0.25, -0.2) is 0 Å². The Bertz CT molecular complexity index is 409. The van der Waals surface area contributed by atoms with E-state index in [9.17, 15) is 4.79 Å². The number of nitrogens with zero attached hydrogens (tertiary/aromatic N) is 2. The number of amides is 1. The number of rotatable bonds is 3. The maximum absolute atomic E-state index is 12.2. The van der Waals surface area contributed by atoms with E-state index in [1.807, 2.05) is 0 Å². The van der Waals surface area contributed by atoms with Crippen molar-refractivity contribution in [1.82, 2.24) is 15.5 Å². The minimum atomic E-state index is -0.265. The second-order valence-corrected chi connectivity index (χ2v) is 5.09. The van der Waals surface area contributed by atoms with Crippen LogP contribution >= 0.6 is 0 Å². The van der Waals surface area contributed by atoms with E-state index in [1.54, 1.807) is 6.07 Å². The molecule has 3 N–H and O–H groups in total. The van der Waals surface area contributed by atoms with Gasteiger partial charge >= 0.3 is 0 Å². The molecule has 5 heteroatoms. The molecule has 0 radical (unpaired) electrons. The summed E-state index contributed by atoms with van der Waals surface area (Å²) in [4.78, 5) is 12.2. The lowest BCUT2D eigenvalue weighted by molar-refractivity contribution is 0.0812. The van der Waals surface area contributed by atoms with Crippen LogP contribution in [0.15, 0.2) is 18.5 Å². The first-order valence-electron chi connectivity index (χ1n) is 6.47. The number of hydrogen-bond donors (Lipinski definition) is 2. The fourth-order valence-corrected chi connectivity index (χ4v) is 2.68. The zero-order valence-electron chi connectivity index (χ0n) is 10.7. The molecular formula is C13H20N4O. The Morgan fingerprint density at radius 3 is 3.00 bits per heavy atom. The Balaban J connectivity index is 2.13. The van der Waals surface area contributed by atoms with Crippen LogP contribution in [0.25, 0.3) is 0 Å². The van der Waals surface area contributed by atoms with Crippen LogP contribution in [0.2, 0.25) is 0 Å². The van der Waals surface area contributed by atoms with Gasteiger partial charge in [0.25, 0.3) is 5.91 Å². The zero-order chi connectivity index (χ0) is 13.0. The van der Waals surface area contributed by atoms with E-state index in [1.165, 1.54) is 18.8 Å². The van der Waals surface area contributed by atoms with Gasteiger partial charge < -0.3 is 11.1 Å². The van der Waals surface area contributed by atoms with Crippen molar-refractivity contribution in [2.45, 2.75) is 38.1 Å². The molecule has 0 saturated heterocycles. The van der Waals surface area contributed by atoms with Gasteiger partial charge in [-0.1, -0.05) is 19.8 Å². The van der Waals surface area contributed by atoms with Crippen molar-refractivity contribution in [1.29, 1.82) is 0 Å². The standard InChI is InChI=1S/C13H20N4O/c1-10-4-2-3-6-13(10,9-14)17-12(18)11-5-7-15-16-8-11/h5,7-8,10H,2-4,6,9,14H2,1H3,(H,17,18). The summed E-state index contributed by atoms with van der Waals surface area (Å²) in [5.74, 6) is 0.305. The first-order valence-corrected chi connectivity index (χ1v) is 6.47. The van der Waals surface area contributed by atoms with Crippen molar-refractivity contribution in [2.24, 2.45) is 11.7 Å². The predicted octanol–water partition coefficient (Wildman–Crippen LogP) is 1.11. The Labute approximate surface area is 107 Å². The molecule has 98 valence electrons. The molecule has 1 aromatic rings. The number of carbonyl (C=O) groups excluding carboxylic acids is 1. The van der Waals surface area contributed by atoms with E-state index in [0.29, 0.717) is 18.0 Å². The molecule has 2 atom stereocenters. The summed E-state index contributed by atoms with van der Waals surface area (Å²) >= 11 is 0. The van der Waals surface area contributed by atoms with Crippen LogP contribution in [-0.2, 0) is 0 Å². The highest BCUT2D eigenvalue weighted by Crippen LogP contribution is 2.33. The molecule has 1 aromatic heterocycles. The monoisotopic (exact) mass is 248 g/mol. The second-order valence-electron chi connectivity index (χ2n) is 5.09. The summed E-state index contributed by atoms with van der Waals surface area (Å²) in [6.07, 6.45) is 7.41. The summed E-state index contributed by atoms with van der Waals surface area (Å²) < 4.78 is 0. The Hall–Kier alpha value is -1.49. The number of aromatic nitrogens is 2. The number of nitrogens with two attached hydrogens (primary N) is 1. The Morgan fingerprint density at radius 1 is 1.56 bits per heavy atom. The quantitative estimate of drug-likeness (QED) is 0.839. The topological polar surface area (TPSA) is 80.9 Å². The molecule has 2 unspecified atom stereocenters. The van der Waals surface area contributed by atoms with Crippen molar-refractivity contribution in [3.63, 3.8) is 0 Å². The first-order chi connectivity index (χ1) is 8.68. The third kappa shape index (κ3) is 2.51. The van der Waals surface area contributed by atoms with Crippen LogP contribution in [0.4, 0.5) is 0 Å². The molecule has 0 aromatic carbocycles. The van der Waals surface area contributed by atoms with Crippen LogP contribution in [0, 0.1) is 5.92 Å². The van der Waals surface area contributed by atoms with Crippen molar-refractivity contribution >= 4 is 5.91 Å². The van der Waals surface area contributed by atoms with Gasteiger partial charge in [0.1, 0.15) is 0 Å². The van der Waals surface area contributed by atoms with Gasteiger partial charge in [0.05, 0.1) is 23.5 Å². The minimum absolute atomic E-state index is 0.107. The molecule has 0 spiro atoms. The van der Waals surface area contributed by atoms with Crippen LogP contribution in [0.1, 0.15) is 43.0 Å². The number of nitrogens with one attached hydrogen (secondary N) is 1. The summed E-state index contributed by atoms with van der Waals surface area (Å²) in [6.45, 7) is 2.65. The molecule has 1 aliphatic rings. The van der Waals surface area contributed by atoms with Gasteiger partial charge in [0, 0.05) is 6.54 Å². The second kappa shape index (κ2) is 5.44. The van der Waals surface area contributed by atoms with Gasteiger partial charge in [-0.15, -0.1) is 0 Å². The lowest BCUT2D eigenvalue weighted by atomic mass is 9.73. The van der Waals surface area contributed by atoms with Crippen molar-refractivity contribution < 1.29 is 4.79 Å². The molecule has 2 rings (SSSR count). The predicted molar refractivity (Wildman–Crippen MR) is 68.9 cm³/mol. The molecule has 18 heavy (non-hydrogen) atoms. The summed E-state index contributed by atoms with van der Waals surface area (Å²) in [7, 11) is 0. The molecule has 1 heterocycles. The van der Waals surface area contributed by atoms with Gasteiger partial charge in [-0.2, -0.15) is 10.2 Å². The third-order valence-corrected chi connectivity index (χ3v) is 4.03. The molecule has 1 aliphatic carbocycles. The van der Waals surface area contributed by atoms with Gasteiger partial charge in [0.2, 0.25) is 0 Å². The molecule has 5 nitrogen and oxygen atoms in total. The highest BCUT2D eigenvalue weighted by Gasteiger charge is 2.38. The van der Waals surface area contributed by atoms with Crippen molar-refractivity contribution in [2.75, 3.05) is 6.54 Å². The average molecular weight is 248 g/mol. The van der Waals surface area contributed by atoms with E-state index in [0.717, 1.165) is 19.3 Å². The van der Waals surface area contributed by atoms with Crippen LogP contribution in [0.5, 0.6) is 0 Å².